The summed E-state index contributed by atoms with van der Waals surface area (Å²) in [5, 5.41) is 0.425. The van der Waals surface area contributed by atoms with Crippen LogP contribution in [-0.4, -0.2) is 0 Å². The summed E-state index contributed by atoms with van der Waals surface area (Å²) < 4.78 is 4.98. The fraction of sp³-hybridized carbons (Fsp3) is 0. The summed E-state index contributed by atoms with van der Waals surface area (Å²) in [4.78, 5) is 0. The van der Waals surface area contributed by atoms with Gasteiger partial charge in [-0.2, -0.15) is 0 Å². The number of furan rings is 1. The fourth-order valence-electron chi connectivity index (χ4n) is 1.09. The summed E-state index contributed by atoms with van der Waals surface area (Å²) in [6.07, 6.45) is 1.65. The molecule has 12 heavy (non-hydrogen) atoms. The second-order valence-electron chi connectivity index (χ2n) is 2.51. The molecule has 0 amide bonds. The first-order valence-electron chi connectivity index (χ1n) is 3.66. The van der Waals surface area contributed by atoms with Crippen LogP contribution in [0.15, 0.2) is 47.1 Å². The summed E-state index contributed by atoms with van der Waals surface area (Å²) in [5.74, 6) is 0. The minimum Gasteiger partial charge on any atom is -0.452 e. The summed E-state index contributed by atoms with van der Waals surface area (Å²) in [7, 11) is 0. The van der Waals surface area contributed by atoms with Crippen molar-refractivity contribution in [2.45, 2.75) is 0 Å². The van der Waals surface area contributed by atoms with E-state index >= 15 is 0 Å². The van der Waals surface area contributed by atoms with Gasteiger partial charge in [-0.25, -0.2) is 0 Å². The average Bonchev–Trinajstić information content (AvgIpc) is 2.54. The van der Waals surface area contributed by atoms with Gasteiger partial charge >= 0.3 is 0 Å². The maximum atomic E-state index is 5.64. The zero-order valence-corrected chi connectivity index (χ0v) is 7.08. The van der Waals surface area contributed by atoms with Crippen LogP contribution in [0.5, 0.6) is 0 Å². The highest BCUT2D eigenvalue weighted by atomic mass is 35.5. The maximum Gasteiger partial charge on any atom is 0.193 e. The molecule has 1 nitrogen and oxygen atoms in total. The quantitative estimate of drug-likeness (QED) is 0.651. The third-order valence-corrected chi connectivity index (χ3v) is 1.87. The van der Waals surface area contributed by atoms with Gasteiger partial charge < -0.3 is 4.42 Å². The Balaban J connectivity index is 2.45. The Morgan fingerprint density at radius 3 is 2.33 bits per heavy atom. The van der Waals surface area contributed by atoms with E-state index in [4.69, 9.17) is 16.0 Å². The van der Waals surface area contributed by atoms with Crippen LogP contribution in [0.25, 0.3) is 11.1 Å². The minimum absolute atomic E-state index is 0.425. The largest absolute Gasteiger partial charge is 0.452 e. The highest BCUT2D eigenvalue weighted by Gasteiger charge is 1.99. The van der Waals surface area contributed by atoms with Crippen molar-refractivity contribution in [2.75, 3.05) is 0 Å². The first-order valence-corrected chi connectivity index (χ1v) is 4.03. The highest BCUT2D eigenvalue weighted by molar-refractivity contribution is 6.29. The molecule has 2 rings (SSSR count). The number of halogens is 1. The fourth-order valence-corrected chi connectivity index (χ4v) is 1.25. The average molecular weight is 179 g/mol. The lowest BCUT2D eigenvalue weighted by atomic mass is 10.1. The normalized spacial score (nSPS) is 10.1. The molecule has 1 heterocycles. The summed E-state index contributed by atoms with van der Waals surface area (Å²) in [5.41, 5.74) is 2.13. The van der Waals surface area contributed by atoms with E-state index in [-0.39, 0.29) is 0 Å². The van der Waals surface area contributed by atoms with Crippen molar-refractivity contribution in [1.29, 1.82) is 0 Å². The Bertz CT molecular complexity index is 364. The van der Waals surface area contributed by atoms with Crippen LogP contribution in [-0.2, 0) is 0 Å². The van der Waals surface area contributed by atoms with E-state index in [1.54, 1.807) is 12.3 Å². The smallest absolute Gasteiger partial charge is 0.193 e. The van der Waals surface area contributed by atoms with Gasteiger partial charge in [-0.1, -0.05) is 30.3 Å². The summed E-state index contributed by atoms with van der Waals surface area (Å²) in [6, 6.07) is 11.8. The monoisotopic (exact) mass is 178 g/mol. The van der Waals surface area contributed by atoms with Gasteiger partial charge in [-0.3, -0.25) is 0 Å². The van der Waals surface area contributed by atoms with E-state index < -0.39 is 0 Å². The molecular formula is C10H7ClO. The molecule has 0 unspecified atom stereocenters. The molecule has 0 fully saturated rings. The van der Waals surface area contributed by atoms with Gasteiger partial charge in [0.2, 0.25) is 0 Å². The van der Waals surface area contributed by atoms with Crippen molar-refractivity contribution in [2.24, 2.45) is 0 Å². The third-order valence-electron chi connectivity index (χ3n) is 1.67. The Morgan fingerprint density at radius 1 is 1.00 bits per heavy atom. The van der Waals surface area contributed by atoms with E-state index in [2.05, 4.69) is 0 Å². The minimum atomic E-state index is 0.425. The molecule has 0 saturated carbocycles. The Labute approximate surface area is 75.6 Å². The molecule has 0 bridgehead atoms. The van der Waals surface area contributed by atoms with Crippen LogP contribution in [0.3, 0.4) is 0 Å². The first-order chi connectivity index (χ1) is 5.86. The number of rotatable bonds is 1. The molecule has 2 aromatic rings. The van der Waals surface area contributed by atoms with Crippen molar-refractivity contribution >= 4 is 11.6 Å². The maximum absolute atomic E-state index is 5.64. The molecule has 1 aromatic heterocycles. The van der Waals surface area contributed by atoms with Crippen LogP contribution in [0.1, 0.15) is 0 Å². The van der Waals surface area contributed by atoms with Crippen LogP contribution in [0.2, 0.25) is 5.22 Å². The molecule has 2 heteroatoms. The van der Waals surface area contributed by atoms with Gasteiger partial charge in [-0.15, -0.1) is 0 Å². The lowest BCUT2D eigenvalue weighted by Crippen LogP contribution is -1.69. The van der Waals surface area contributed by atoms with Crippen molar-refractivity contribution < 1.29 is 4.42 Å². The summed E-state index contributed by atoms with van der Waals surface area (Å²) in [6.45, 7) is 0. The van der Waals surface area contributed by atoms with Crippen molar-refractivity contribution in [1.82, 2.24) is 0 Å². The summed E-state index contributed by atoms with van der Waals surface area (Å²) >= 11 is 5.64. The van der Waals surface area contributed by atoms with Crippen molar-refractivity contribution in [3.05, 3.63) is 47.9 Å². The second-order valence-corrected chi connectivity index (χ2v) is 2.88. The lowest BCUT2D eigenvalue weighted by molar-refractivity contribution is 0.570. The van der Waals surface area contributed by atoms with Crippen LogP contribution < -0.4 is 0 Å². The van der Waals surface area contributed by atoms with Gasteiger partial charge in [0, 0.05) is 11.6 Å². The molecule has 0 aliphatic carbocycles. The molecule has 0 aliphatic rings. The van der Waals surface area contributed by atoms with E-state index in [1.165, 1.54) is 0 Å². The second kappa shape index (κ2) is 3.03. The zero-order valence-electron chi connectivity index (χ0n) is 6.33. The SMILES string of the molecule is Clc1cc(-c2ccccc2)co1. The first kappa shape index (κ1) is 7.44. The molecule has 0 N–H and O–H groups in total. The Kier molecular flexibility index (Phi) is 1.88. The van der Waals surface area contributed by atoms with Crippen LogP contribution >= 0.6 is 11.6 Å². The van der Waals surface area contributed by atoms with Crippen molar-refractivity contribution in [3.63, 3.8) is 0 Å². The number of benzene rings is 1. The molecule has 0 atom stereocenters. The van der Waals surface area contributed by atoms with Gasteiger partial charge in [0.15, 0.2) is 5.22 Å². The zero-order chi connectivity index (χ0) is 8.39. The molecule has 0 aliphatic heterocycles. The van der Waals surface area contributed by atoms with Crippen LogP contribution in [0, 0.1) is 0 Å². The molecule has 60 valence electrons. The highest BCUT2D eigenvalue weighted by Crippen LogP contribution is 2.23. The van der Waals surface area contributed by atoms with Crippen LogP contribution in [0.4, 0.5) is 0 Å². The van der Waals surface area contributed by atoms with Gasteiger partial charge in [0.05, 0.1) is 0 Å². The molecule has 1 aromatic carbocycles. The van der Waals surface area contributed by atoms with Gasteiger partial charge in [0.1, 0.15) is 6.26 Å². The third kappa shape index (κ3) is 1.36. The van der Waals surface area contributed by atoms with Crippen molar-refractivity contribution in [3.8, 4) is 11.1 Å². The molecule has 0 spiro atoms. The lowest BCUT2D eigenvalue weighted by Gasteiger charge is -1.92. The number of hydrogen-bond donors (Lipinski definition) is 0. The predicted octanol–water partition coefficient (Wildman–Crippen LogP) is 3.60. The van der Waals surface area contributed by atoms with E-state index in [9.17, 15) is 0 Å². The molecule has 0 saturated heterocycles. The number of hydrogen-bond acceptors (Lipinski definition) is 1. The standard InChI is InChI=1S/C10H7ClO/c11-10-6-9(7-12-10)8-4-2-1-3-5-8/h1-7H. The Hall–Kier alpha value is -1.21. The van der Waals surface area contributed by atoms with E-state index in [1.807, 2.05) is 30.3 Å². The van der Waals surface area contributed by atoms with E-state index in [0.717, 1.165) is 11.1 Å². The Morgan fingerprint density at radius 2 is 1.75 bits per heavy atom. The van der Waals surface area contributed by atoms with Gasteiger partial charge in [0.25, 0.3) is 0 Å². The topological polar surface area (TPSA) is 13.1 Å². The van der Waals surface area contributed by atoms with E-state index in [0.29, 0.717) is 5.22 Å². The van der Waals surface area contributed by atoms with Gasteiger partial charge in [-0.05, 0) is 17.2 Å². The molecular weight excluding hydrogens is 172 g/mol. The molecule has 0 radical (unpaired) electrons. The predicted molar refractivity (Wildman–Crippen MR) is 49.2 cm³/mol.